The molecular weight excluding hydrogens is 601 g/mol. The highest BCUT2D eigenvalue weighted by molar-refractivity contribution is 6.21. The highest BCUT2D eigenvalue weighted by Gasteiger charge is 2.22. The molecule has 0 fully saturated rings. The molecule has 7 aromatic carbocycles. The smallest absolute Gasteiger partial charge is 0.160 e. The molecule has 5 nitrogen and oxygen atoms in total. The Balaban J connectivity index is 1.22. The summed E-state index contributed by atoms with van der Waals surface area (Å²) < 4.78 is 9.06. The average molecular weight is 629 g/mol. The minimum atomic E-state index is 0.668. The molecule has 0 N–H and O–H groups in total. The second-order valence-electron chi connectivity index (χ2n) is 12.3. The van der Waals surface area contributed by atoms with Gasteiger partial charge in [-0.1, -0.05) is 97.1 Å². The van der Waals surface area contributed by atoms with Crippen LogP contribution in [0.1, 0.15) is 0 Å². The minimum Gasteiger partial charge on any atom is -0.455 e. The quantitative estimate of drug-likeness (QED) is 0.190. The van der Waals surface area contributed by atoms with Crippen LogP contribution in [0, 0.1) is 0 Å². The first-order chi connectivity index (χ1) is 24.3. The number of benzene rings is 7. The van der Waals surface area contributed by atoms with Gasteiger partial charge in [-0.15, -0.1) is 0 Å². The monoisotopic (exact) mass is 628 g/mol. The van der Waals surface area contributed by atoms with Gasteiger partial charge < -0.3 is 13.9 Å². The number of nitrogens with zero attached hydrogens (tertiary/aromatic N) is 4. The van der Waals surface area contributed by atoms with E-state index in [0.717, 1.165) is 83.0 Å². The Morgan fingerprint density at radius 3 is 1.94 bits per heavy atom. The summed E-state index contributed by atoms with van der Waals surface area (Å²) in [6.45, 7) is 0. The maximum atomic E-state index is 6.82. The fraction of sp³-hybridized carbons (Fsp3) is 0. The van der Waals surface area contributed by atoms with Crippen LogP contribution in [0.25, 0.3) is 71.7 Å². The van der Waals surface area contributed by atoms with Gasteiger partial charge in [-0.25, -0.2) is 9.97 Å². The van der Waals surface area contributed by atoms with Gasteiger partial charge in [-0.3, -0.25) is 0 Å². The molecule has 10 aromatic rings. The molecule has 0 aliphatic heterocycles. The lowest BCUT2D eigenvalue weighted by Crippen LogP contribution is -2.09. The first kappa shape index (κ1) is 27.4. The number of para-hydroxylation sites is 4. The van der Waals surface area contributed by atoms with Crippen molar-refractivity contribution in [3.8, 4) is 17.1 Å². The molecule has 0 atom stereocenters. The SMILES string of the molecule is c1ccc(N(c2ccccc2)c2ccc3c(c2)oc2c4ccccc4cc(-c4ncc5c(n4)c4ccccc4n5-c4ccccc4)c32)cc1. The second kappa shape index (κ2) is 10.9. The topological polar surface area (TPSA) is 47.1 Å². The molecule has 0 bridgehead atoms. The van der Waals surface area contributed by atoms with Gasteiger partial charge in [-0.05, 0) is 66.0 Å². The Morgan fingerprint density at radius 2 is 1.18 bits per heavy atom. The number of fused-ring (bicyclic) bond motifs is 8. The van der Waals surface area contributed by atoms with Crippen molar-refractivity contribution in [3.63, 3.8) is 0 Å². The fourth-order valence-electron chi connectivity index (χ4n) is 7.24. The average Bonchev–Trinajstić information content (AvgIpc) is 3.72. The zero-order valence-electron chi connectivity index (χ0n) is 26.4. The normalized spacial score (nSPS) is 11.7. The second-order valence-corrected chi connectivity index (χ2v) is 12.3. The van der Waals surface area contributed by atoms with Crippen LogP contribution >= 0.6 is 0 Å². The van der Waals surface area contributed by atoms with Crippen molar-refractivity contribution in [1.82, 2.24) is 14.5 Å². The molecule has 0 saturated heterocycles. The Bertz CT molecular complexity index is 2780. The van der Waals surface area contributed by atoms with Crippen LogP contribution in [0.15, 0.2) is 174 Å². The molecule has 0 aliphatic rings. The van der Waals surface area contributed by atoms with E-state index in [0.29, 0.717) is 5.82 Å². The molecule has 230 valence electrons. The van der Waals surface area contributed by atoms with Gasteiger partial charge in [0.2, 0.25) is 0 Å². The van der Waals surface area contributed by atoms with E-state index in [-0.39, 0.29) is 0 Å². The lowest BCUT2D eigenvalue weighted by molar-refractivity contribution is 0.673. The van der Waals surface area contributed by atoms with Crippen LogP contribution in [-0.2, 0) is 0 Å². The molecule has 0 unspecified atom stereocenters. The third kappa shape index (κ3) is 4.33. The summed E-state index contributed by atoms with van der Waals surface area (Å²) in [5, 5.41) is 5.26. The van der Waals surface area contributed by atoms with Crippen LogP contribution in [0.2, 0.25) is 0 Å². The first-order valence-electron chi connectivity index (χ1n) is 16.4. The van der Waals surface area contributed by atoms with E-state index >= 15 is 0 Å². The van der Waals surface area contributed by atoms with E-state index in [1.54, 1.807) is 0 Å². The van der Waals surface area contributed by atoms with Crippen molar-refractivity contribution in [2.24, 2.45) is 0 Å². The Kier molecular flexibility index (Phi) is 6.11. The number of aromatic nitrogens is 3. The maximum absolute atomic E-state index is 6.82. The van der Waals surface area contributed by atoms with E-state index in [1.165, 1.54) is 0 Å². The van der Waals surface area contributed by atoms with Crippen LogP contribution in [0.5, 0.6) is 0 Å². The van der Waals surface area contributed by atoms with Crippen LogP contribution < -0.4 is 4.90 Å². The highest BCUT2D eigenvalue weighted by Crippen LogP contribution is 2.43. The Hall–Kier alpha value is -6.72. The summed E-state index contributed by atoms with van der Waals surface area (Å²) >= 11 is 0. The third-order valence-electron chi connectivity index (χ3n) is 9.40. The summed E-state index contributed by atoms with van der Waals surface area (Å²) in [6, 6.07) is 56.8. The Morgan fingerprint density at radius 1 is 0.531 bits per heavy atom. The predicted molar refractivity (Wildman–Crippen MR) is 201 cm³/mol. The molecule has 10 rings (SSSR count). The number of furan rings is 1. The number of hydrogen-bond acceptors (Lipinski definition) is 4. The van der Waals surface area contributed by atoms with Crippen molar-refractivity contribution in [3.05, 3.63) is 170 Å². The van der Waals surface area contributed by atoms with Crippen molar-refractivity contribution < 1.29 is 4.42 Å². The van der Waals surface area contributed by atoms with E-state index in [2.05, 4.69) is 155 Å². The van der Waals surface area contributed by atoms with Gasteiger partial charge in [0.25, 0.3) is 0 Å². The maximum Gasteiger partial charge on any atom is 0.160 e. The van der Waals surface area contributed by atoms with Gasteiger partial charge in [-0.2, -0.15) is 0 Å². The van der Waals surface area contributed by atoms with Crippen LogP contribution in [0.4, 0.5) is 17.1 Å². The van der Waals surface area contributed by atoms with Gasteiger partial charge >= 0.3 is 0 Å². The minimum absolute atomic E-state index is 0.668. The lowest BCUT2D eigenvalue weighted by atomic mass is 9.99. The molecule has 3 aromatic heterocycles. The van der Waals surface area contributed by atoms with Gasteiger partial charge in [0.1, 0.15) is 16.7 Å². The molecule has 0 saturated carbocycles. The van der Waals surface area contributed by atoms with E-state index in [1.807, 2.05) is 24.4 Å². The summed E-state index contributed by atoms with van der Waals surface area (Å²) in [4.78, 5) is 12.6. The molecule has 0 amide bonds. The summed E-state index contributed by atoms with van der Waals surface area (Å²) in [7, 11) is 0. The molecular formula is C44H28N4O. The van der Waals surface area contributed by atoms with Gasteiger partial charge in [0.05, 0.1) is 17.2 Å². The van der Waals surface area contributed by atoms with E-state index in [4.69, 9.17) is 14.4 Å². The standard InChI is InChI=1S/C44H28N4O/c1-4-15-30(16-5-1)47(31-17-6-2-7-18-31)33-24-25-36-40(27-33)49-43-34-21-11-10-14-29(34)26-37(41(36)43)44-45-28-39-42(46-44)35-22-12-13-23-38(35)48(39)32-19-8-3-9-20-32/h1-28H. The molecule has 0 spiro atoms. The lowest BCUT2D eigenvalue weighted by Gasteiger charge is -2.25. The van der Waals surface area contributed by atoms with Gasteiger partial charge in [0, 0.05) is 55.9 Å². The summed E-state index contributed by atoms with van der Waals surface area (Å²) in [5.41, 5.74) is 9.82. The van der Waals surface area contributed by atoms with Gasteiger partial charge in [0.15, 0.2) is 5.82 Å². The van der Waals surface area contributed by atoms with Crippen molar-refractivity contribution in [1.29, 1.82) is 0 Å². The van der Waals surface area contributed by atoms with E-state index in [9.17, 15) is 0 Å². The zero-order chi connectivity index (χ0) is 32.3. The summed E-state index contributed by atoms with van der Waals surface area (Å²) in [6.07, 6.45) is 1.96. The molecule has 0 aliphatic carbocycles. The molecule has 49 heavy (non-hydrogen) atoms. The molecule has 5 heteroatoms. The molecule has 0 radical (unpaired) electrons. The zero-order valence-corrected chi connectivity index (χ0v) is 26.4. The van der Waals surface area contributed by atoms with Crippen LogP contribution in [-0.4, -0.2) is 14.5 Å². The Labute approximate surface area is 281 Å². The van der Waals surface area contributed by atoms with Crippen molar-refractivity contribution >= 4 is 71.7 Å². The van der Waals surface area contributed by atoms with Crippen molar-refractivity contribution in [2.75, 3.05) is 4.90 Å². The first-order valence-corrected chi connectivity index (χ1v) is 16.4. The fourth-order valence-corrected chi connectivity index (χ4v) is 7.24. The highest BCUT2D eigenvalue weighted by atomic mass is 16.3. The van der Waals surface area contributed by atoms with Crippen molar-refractivity contribution in [2.45, 2.75) is 0 Å². The third-order valence-corrected chi connectivity index (χ3v) is 9.40. The predicted octanol–water partition coefficient (Wildman–Crippen LogP) is 11.8. The summed E-state index contributed by atoms with van der Waals surface area (Å²) in [5.74, 6) is 0.668. The number of hydrogen-bond donors (Lipinski definition) is 0. The largest absolute Gasteiger partial charge is 0.455 e. The number of anilines is 3. The van der Waals surface area contributed by atoms with Crippen LogP contribution in [0.3, 0.4) is 0 Å². The molecule has 3 heterocycles. The van der Waals surface area contributed by atoms with E-state index < -0.39 is 0 Å². The number of rotatable bonds is 5.